The first-order valence-corrected chi connectivity index (χ1v) is 4.90. The molecule has 1 nitrogen and oxygen atoms in total. The van der Waals surface area contributed by atoms with Crippen molar-refractivity contribution in [2.24, 2.45) is 0 Å². The maximum absolute atomic E-state index is 12.4. The van der Waals surface area contributed by atoms with Crippen LogP contribution in [0.2, 0.25) is 5.02 Å². The van der Waals surface area contributed by atoms with Crippen molar-refractivity contribution in [1.82, 2.24) is 4.98 Å². The molecule has 84 valence electrons. The number of hydrogen-bond acceptors (Lipinski definition) is 1. The van der Waals surface area contributed by atoms with Gasteiger partial charge in [-0.1, -0.05) is 11.6 Å². The van der Waals surface area contributed by atoms with E-state index < -0.39 is 32.5 Å². The third-order valence-corrected chi connectivity index (χ3v) is 2.74. The Morgan fingerprint density at radius 2 is 1.87 bits per heavy atom. The summed E-state index contributed by atoms with van der Waals surface area (Å²) in [6, 6.07) is 0. The van der Waals surface area contributed by atoms with Gasteiger partial charge in [-0.3, -0.25) is 0 Å². The van der Waals surface area contributed by atoms with Gasteiger partial charge < -0.3 is 0 Å². The number of halogens is 7. The van der Waals surface area contributed by atoms with Gasteiger partial charge in [-0.25, -0.2) is 13.8 Å². The second-order valence-electron chi connectivity index (χ2n) is 2.49. The third-order valence-electron chi connectivity index (χ3n) is 1.51. The van der Waals surface area contributed by atoms with Crippen molar-refractivity contribution < 1.29 is 22.0 Å². The highest BCUT2D eigenvalue weighted by atomic mass is 127. The minimum Gasteiger partial charge on any atom is -0.249 e. The number of rotatable bonds is 1. The van der Waals surface area contributed by atoms with E-state index in [0.717, 1.165) is 0 Å². The Morgan fingerprint density at radius 3 is 2.27 bits per heavy atom. The second kappa shape index (κ2) is 4.36. The molecule has 0 saturated heterocycles. The summed E-state index contributed by atoms with van der Waals surface area (Å²) in [7, 11) is 0. The molecule has 0 unspecified atom stereocenters. The molecule has 0 amide bonds. The number of hydrogen-bond donors (Lipinski definition) is 0. The maximum Gasteiger partial charge on any atom is 0.420 e. The van der Waals surface area contributed by atoms with Gasteiger partial charge in [0.2, 0.25) is 0 Å². The smallest absolute Gasteiger partial charge is 0.249 e. The maximum atomic E-state index is 12.4. The summed E-state index contributed by atoms with van der Waals surface area (Å²) >= 11 is 6.54. The Labute approximate surface area is 99.8 Å². The number of nitrogens with zero attached hydrogens (tertiary/aromatic N) is 1. The van der Waals surface area contributed by atoms with Crippen LogP contribution < -0.4 is 0 Å². The van der Waals surface area contributed by atoms with Crippen LogP contribution in [0.1, 0.15) is 17.6 Å². The number of aromatic nitrogens is 1. The van der Waals surface area contributed by atoms with Gasteiger partial charge in [0.15, 0.2) is 0 Å². The van der Waals surface area contributed by atoms with Crippen molar-refractivity contribution in [1.29, 1.82) is 0 Å². The number of pyridine rings is 1. The van der Waals surface area contributed by atoms with E-state index in [1.165, 1.54) is 22.6 Å². The van der Waals surface area contributed by atoms with Gasteiger partial charge in [0.25, 0.3) is 6.43 Å². The molecule has 0 N–H and O–H groups in total. The van der Waals surface area contributed by atoms with Gasteiger partial charge in [-0.2, -0.15) is 13.2 Å². The predicted molar refractivity (Wildman–Crippen MR) is 51.9 cm³/mol. The summed E-state index contributed by atoms with van der Waals surface area (Å²) in [5, 5.41) is -0.989. The Kier molecular flexibility index (Phi) is 3.75. The van der Waals surface area contributed by atoms with Crippen LogP contribution in [0.3, 0.4) is 0 Å². The highest BCUT2D eigenvalue weighted by Crippen LogP contribution is 2.40. The van der Waals surface area contributed by atoms with Crippen molar-refractivity contribution >= 4 is 34.2 Å². The highest BCUT2D eigenvalue weighted by molar-refractivity contribution is 14.1. The Morgan fingerprint density at radius 1 is 1.33 bits per heavy atom. The molecule has 0 radical (unpaired) electrons. The molecule has 0 aliphatic heterocycles. The van der Waals surface area contributed by atoms with Crippen LogP contribution in [0.15, 0.2) is 6.20 Å². The lowest BCUT2D eigenvalue weighted by Crippen LogP contribution is -2.11. The molecule has 0 aliphatic carbocycles. The van der Waals surface area contributed by atoms with Gasteiger partial charge in [-0.05, 0) is 22.6 Å². The first-order chi connectivity index (χ1) is 6.75. The minimum atomic E-state index is -4.79. The molecule has 0 aliphatic rings. The van der Waals surface area contributed by atoms with Crippen molar-refractivity contribution in [2.75, 3.05) is 0 Å². The van der Waals surface area contributed by atoms with E-state index in [0.29, 0.717) is 6.20 Å². The number of alkyl halides is 5. The standard InChI is InChI=1S/C7H2ClF5IN/c8-4-2(5(9)10)1-15-6(14)3(4)7(11,12)13/h1,5H. The average molecular weight is 357 g/mol. The van der Waals surface area contributed by atoms with Gasteiger partial charge in [0.1, 0.15) is 9.26 Å². The van der Waals surface area contributed by atoms with Gasteiger partial charge >= 0.3 is 6.18 Å². The Balaban J connectivity index is 3.44. The first kappa shape index (κ1) is 12.9. The molecule has 1 aromatic rings. The zero-order valence-corrected chi connectivity index (χ0v) is 9.66. The van der Waals surface area contributed by atoms with Crippen molar-refractivity contribution in [3.05, 3.63) is 26.0 Å². The monoisotopic (exact) mass is 357 g/mol. The normalized spacial score (nSPS) is 12.3. The fourth-order valence-electron chi connectivity index (χ4n) is 0.876. The van der Waals surface area contributed by atoms with Crippen molar-refractivity contribution in [3.63, 3.8) is 0 Å². The van der Waals surface area contributed by atoms with Crippen LogP contribution in [0, 0.1) is 3.70 Å². The quantitative estimate of drug-likeness (QED) is 0.415. The zero-order valence-electron chi connectivity index (χ0n) is 6.75. The molecule has 1 rings (SSSR count). The van der Waals surface area contributed by atoms with E-state index in [1.807, 2.05) is 0 Å². The SMILES string of the molecule is FC(F)c1cnc(I)c(C(F)(F)F)c1Cl. The van der Waals surface area contributed by atoms with E-state index in [9.17, 15) is 22.0 Å². The van der Waals surface area contributed by atoms with Crippen LogP contribution in [-0.4, -0.2) is 4.98 Å². The fraction of sp³-hybridized carbons (Fsp3) is 0.286. The van der Waals surface area contributed by atoms with E-state index >= 15 is 0 Å². The summed E-state index contributed by atoms with van der Waals surface area (Å²) in [4.78, 5) is 3.23. The molecular formula is C7H2ClF5IN. The lowest BCUT2D eigenvalue weighted by molar-refractivity contribution is -0.138. The van der Waals surface area contributed by atoms with E-state index in [1.54, 1.807) is 0 Å². The Bertz CT molecular complexity index is 378. The van der Waals surface area contributed by atoms with Crippen LogP contribution >= 0.6 is 34.2 Å². The van der Waals surface area contributed by atoms with E-state index in [2.05, 4.69) is 4.98 Å². The van der Waals surface area contributed by atoms with Crippen LogP contribution in [0.25, 0.3) is 0 Å². The lowest BCUT2D eigenvalue weighted by atomic mass is 10.2. The molecule has 0 fully saturated rings. The van der Waals surface area contributed by atoms with Crippen molar-refractivity contribution in [2.45, 2.75) is 12.6 Å². The Hall–Kier alpha value is -0.180. The van der Waals surface area contributed by atoms with Crippen LogP contribution in [-0.2, 0) is 6.18 Å². The molecule has 0 atom stereocenters. The molecular weight excluding hydrogens is 355 g/mol. The minimum absolute atomic E-state index is 0.450. The average Bonchev–Trinajstić information content (AvgIpc) is 2.00. The van der Waals surface area contributed by atoms with Crippen molar-refractivity contribution in [3.8, 4) is 0 Å². The molecule has 0 bridgehead atoms. The molecule has 1 aromatic heterocycles. The van der Waals surface area contributed by atoms with Gasteiger partial charge in [0, 0.05) is 6.20 Å². The van der Waals surface area contributed by atoms with Gasteiger partial charge in [0.05, 0.1) is 10.6 Å². The molecule has 15 heavy (non-hydrogen) atoms. The highest BCUT2D eigenvalue weighted by Gasteiger charge is 2.38. The molecule has 0 aromatic carbocycles. The van der Waals surface area contributed by atoms with E-state index in [4.69, 9.17) is 11.6 Å². The van der Waals surface area contributed by atoms with E-state index in [-0.39, 0.29) is 0 Å². The second-order valence-corrected chi connectivity index (χ2v) is 3.89. The molecule has 1 heterocycles. The predicted octanol–water partition coefficient (Wildman–Crippen LogP) is 4.30. The fourth-order valence-corrected chi connectivity index (χ4v) is 2.08. The third kappa shape index (κ3) is 2.68. The zero-order chi connectivity index (χ0) is 11.8. The molecule has 8 heteroatoms. The summed E-state index contributed by atoms with van der Waals surface area (Å²) < 4.78 is 61.2. The summed E-state index contributed by atoms with van der Waals surface area (Å²) in [6.07, 6.45) is -7.22. The summed E-state index contributed by atoms with van der Waals surface area (Å²) in [5.41, 5.74) is -2.23. The lowest BCUT2D eigenvalue weighted by Gasteiger charge is -2.12. The first-order valence-electron chi connectivity index (χ1n) is 3.44. The largest absolute Gasteiger partial charge is 0.420 e. The molecule has 0 spiro atoms. The van der Waals surface area contributed by atoms with Gasteiger partial charge in [-0.15, -0.1) is 0 Å². The summed E-state index contributed by atoms with van der Waals surface area (Å²) in [5.74, 6) is 0. The molecule has 0 saturated carbocycles. The van der Waals surface area contributed by atoms with Crippen LogP contribution in [0.4, 0.5) is 22.0 Å². The topological polar surface area (TPSA) is 12.9 Å². The van der Waals surface area contributed by atoms with Crippen LogP contribution in [0.5, 0.6) is 0 Å². The summed E-state index contributed by atoms with van der Waals surface area (Å²) in [6.45, 7) is 0.